The van der Waals surface area contributed by atoms with Crippen molar-refractivity contribution in [3.8, 4) is 0 Å². The molecule has 0 bridgehead atoms. The number of aliphatic carboxylic acids is 1. The van der Waals surface area contributed by atoms with Gasteiger partial charge in [-0.3, -0.25) is 9.59 Å². The van der Waals surface area contributed by atoms with E-state index in [1.54, 1.807) is 0 Å². The molecule has 1 unspecified atom stereocenters. The number of rotatable bonds is 9. The summed E-state index contributed by atoms with van der Waals surface area (Å²) in [5, 5.41) is 15.4. The van der Waals surface area contributed by atoms with Crippen LogP contribution >= 0.6 is 0 Å². The van der Waals surface area contributed by atoms with Gasteiger partial charge in [-0.1, -0.05) is 25.9 Å². The van der Waals surface area contributed by atoms with Gasteiger partial charge < -0.3 is 14.9 Å². The zero-order chi connectivity index (χ0) is 15.8. The summed E-state index contributed by atoms with van der Waals surface area (Å²) in [4.78, 5) is 26.8. The van der Waals surface area contributed by atoms with E-state index in [4.69, 9.17) is 9.63 Å². The van der Waals surface area contributed by atoms with Gasteiger partial charge in [-0.05, 0) is 12.3 Å². The van der Waals surface area contributed by atoms with Crippen LogP contribution in [-0.2, 0) is 22.4 Å². The molecule has 0 aromatic carbocycles. The van der Waals surface area contributed by atoms with Crippen LogP contribution in [0, 0.1) is 5.92 Å². The summed E-state index contributed by atoms with van der Waals surface area (Å²) in [5.74, 6) is 0.0247. The van der Waals surface area contributed by atoms with E-state index in [0.29, 0.717) is 18.1 Å². The second kappa shape index (κ2) is 8.39. The van der Waals surface area contributed by atoms with E-state index < -0.39 is 5.97 Å². The number of carboxylic acids is 1. The quantitative estimate of drug-likeness (QED) is 0.716. The molecule has 0 saturated carbocycles. The number of aromatic nitrogens is 2. The van der Waals surface area contributed by atoms with Crippen molar-refractivity contribution < 1.29 is 19.2 Å². The Balaban J connectivity index is 2.42. The van der Waals surface area contributed by atoms with Crippen molar-refractivity contribution in [2.24, 2.45) is 5.92 Å². The summed E-state index contributed by atoms with van der Waals surface area (Å²) >= 11 is 0. The van der Waals surface area contributed by atoms with E-state index in [9.17, 15) is 9.59 Å². The Hall–Kier alpha value is -1.92. The molecule has 0 aliphatic carbocycles. The molecule has 0 radical (unpaired) electrons. The number of aryl methyl sites for hydroxylation is 2. The molecular weight excluding hydrogens is 274 g/mol. The van der Waals surface area contributed by atoms with E-state index in [-0.39, 0.29) is 30.7 Å². The minimum absolute atomic E-state index is 0.0598. The van der Waals surface area contributed by atoms with Gasteiger partial charge in [0.15, 0.2) is 5.82 Å². The molecule has 21 heavy (non-hydrogen) atoms. The Morgan fingerprint density at radius 2 is 2.05 bits per heavy atom. The van der Waals surface area contributed by atoms with Gasteiger partial charge in [0.25, 0.3) is 0 Å². The number of nitrogens with zero attached hydrogens (tertiary/aromatic N) is 2. The first-order chi connectivity index (χ1) is 9.92. The average Bonchev–Trinajstić information content (AvgIpc) is 2.83. The predicted molar refractivity (Wildman–Crippen MR) is 75.6 cm³/mol. The minimum atomic E-state index is -0.921. The molecule has 0 aliphatic heterocycles. The van der Waals surface area contributed by atoms with Crippen molar-refractivity contribution in [2.75, 3.05) is 0 Å². The third kappa shape index (κ3) is 6.37. The molecule has 1 aromatic rings. The number of carbonyl (C=O) groups excluding carboxylic acids is 1. The van der Waals surface area contributed by atoms with Crippen molar-refractivity contribution in [1.82, 2.24) is 15.5 Å². The van der Waals surface area contributed by atoms with Crippen LogP contribution in [0.25, 0.3) is 0 Å². The van der Waals surface area contributed by atoms with Crippen LogP contribution in [0.3, 0.4) is 0 Å². The monoisotopic (exact) mass is 297 g/mol. The van der Waals surface area contributed by atoms with Gasteiger partial charge in [-0.2, -0.15) is 4.98 Å². The summed E-state index contributed by atoms with van der Waals surface area (Å²) in [6.45, 7) is 5.78. The van der Waals surface area contributed by atoms with Gasteiger partial charge >= 0.3 is 5.97 Å². The zero-order valence-corrected chi connectivity index (χ0v) is 12.8. The molecule has 0 aliphatic rings. The lowest BCUT2D eigenvalue weighted by Crippen LogP contribution is -2.40. The van der Waals surface area contributed by atoms with Gasteiger partial charge in [-0.25, -0.2) is 0 Å². The fourth-order valence-corrected chi connectivity index (χ4v) is 1.86. The van der Waals surface area contributed by atoms with Crippen LogP contribution in [0.5, 0.6) is 0 Å². The molecule has 7 nitrogen and oxygen atoms in total. The fraction of sp³-hybridized carbons (Fsp3) is 0.714. The third-order valence-corrected chi connectivity index (χ3v) is 3.10. The topological polar surface area (TPSA) is 105 Å². The van der Waals surface area contributed by atoms with Gasteiger partial charge in [-0.15, -0.1) is 0 Å². The van der Waals surface area contributed by atoms with Crippen molar-refractivity contribution in [2.45, 2.75) is 58.9 Å². The number of hydrogen-bond donors (Lipinski definition) is 2. The molecule has 1 amide bonds. The van der Waals surface area contributed by atoms with Gasteiger partial charge in [0.2, 0.25) is 11.8 Å². The van der Waals surface area contributed by atoms with Gasteiger partial charge in [0.1, 0.15) is 0 Å². The highest BCUT2D eigenvalue weighted by atomic mass is 16.5. The molecule has 1 aromatic heterocycles. The number of amides is 1. The molecule has 7 heteroatoms. The van der Waals surface area contributed by atoms with E-state index in [0.717, 1.165) is 12.8 Å². The summed E-state index contributed by atoms with van der Waals surface area (Å²) in [5.41, 5.74) is 0. The average molecular weight is 297 g/mol. The highest BCUT2D eigenvalue weighted by Crippen LogP contribution is 2.08. The smallest absolute Gasteiger partial charge is 0.305 e. The van der Waals surface area contributed by atoms with E-state index in [2.05, 4.69) is 15.5 Å². The molecule has 1 heterocycles. The maximum atomic E-state index is 11.9. The number of hydrogen-bond acceptors (Lipinski definition) is 5. The molecule has 2 N–H and O–H groups in total. The van der Waals surface area contributed by atoms with Crippen LogP contribution in [0.1, 0.15) is 51.7 Å². The van der Waals surface area contributed by atoms with Crippen LogP contribution in [0.15, 0.2) is 4.52 Å². The summed E-state index contributed by atoms with van der Waals surface area (Å²) in [7, 11) is 0. The molecule has 1 atom stereocenters. The SMILES string of the molecule is CCCc1noc(CCC(=O)NC(CC(=O)O)C(C)C)n1. The Kier molecular flexibility index (Phi) is 6.84. The highest BCUT2D eigenvalue weighted by Gasteiger charge is 2.19. The molecule has 118 valence electrons. The maximum absolute atomic E-state index is 11.9. The Bertz CT molecular complexity index is 471. The summed E-state index contributed by atoms with van der Waals surface area (Å²) in [6.07, 6.45) is 2.18. The first kappa shape index (κ1) is 17.1. The first-order valence-electron chi connectivity index (χ1n) is 7.25. The van der Waals surface area contributed by atoms with Gasteiger partial charge in [0.05, 0.1) is 6.42 Å². The Morgan fingerprint density at radius 1 is 1.33 bits per heavy atom. The normalized spacial score (nSPS) is 12.4. The number of nitrogens with one attached hydrogen (secondary N) is 1. The molecule has 0 fully saturated rings. The van der Waals surface area contributed by atoms with E-state index in [1.807, 2.05) is 20.8 Å². The number of carboxylic acid groups (broad SMARTS) is 1. The lowest BCUT2D eigenvalue weighted by molar-refractivity contribution is -0.138. The Morgan fingerprint density at radius 3 is 2.62 bits per heavy atom. The second-order valence-electron chi connectivity index (χ2n) is 5.37. The second-order valence-corrected chi connectivity index (χ2v) is 5.37. The van der Waals surface area contributed by atoms with Crippen LogP contribution in [0.4, 0.5) is 0 Å². The van der Waals surface area contributed by atoms with Crippen molar-refractivity contribution in [1.29, 1.82) is 0 Å². The standard InChI is InChI=1S/C14H23N3O4/c1-4-5-11-16-13(21-17-11)7-6-12(18)15-10(9(2)3)8-14(19)20/h9-10H,4-8H2,1-3H3,(H,15,18)(H,19,20). The maximum Gasteiger partial charge on any atom is 0.305 e. The van der Waals surface area contributed by atoms with Crippen LogP contribution in [-0.4, -0.2) is 33.2 Å². The van der Waals surface area contributed by atoms with Crippen LogP contribution in [0.2, 0.25) is 0 Å². The third-order valence-electron chi connectivity index (χ3n) is 3.10. The van der Waals surface area contributed by atoms with Crippen LogP contribution < -0.4 is 5.32 Å². The predicted octanol–water partition coefficient (Wildman–Crippen LogP) is 1.57. The minimum Gasteiger partial charge on any atom is -0.481 e. The van der Waals surface area contributed by atoms with Gasteiger partial charge in [0, 0.05) is 25.3 Å². The Labute approximate surface area is 124 Å². The fourth-order valence-electron chi connectivity index (χ4n) is 1.86. The molecule has 0 spiro atoms. The lowest BCUT2D eigenvalue weighted by atomic mass is 10.0. The first-order valence-corrected chi connectivity index (χ1v) is 7.25. The van der Waals surface area contributed by atoms with Crippen molar-refractivity contribution in [3.05, 3.63) is 11.7 Å². The molecule has 0 saturated heterocycles. The molecular formula is C14H23N3O4. The molecule has 1 rings (SSSR count). The lowest BCUT2D eigenvalue weighted by Gasteiger charge is -2.20. The van der Waals surface area contributed by atoms with E-state index in [1.165, 1.54) is 0 Å². The largest absolute Gasteiger partial charge is 0.481 e. The highest BCUT2D eigenvalue weighted by molar-refractivity contribution is 5.77. The van der Waals surface area contributed by atoms with E-state index >= 15 is 0 Å². The van der Waals surface area contributed by atoms with Crippen molar-refractivity contribution >= 4 is 11.9 Å². The summed E-state index contributed by atoms with van der Waals surface area (Å²) in [6, 6.07) is -0.367. The van der Waals surface area contributed by atoms with Crippen molar-refractivity contribution in [3.63, 3.8) is 0 Å². The summed E-state index contributed by atoms with van der Waals surface area (Å²) < 4.78 is 5.05. The number of carbonyl (C=O) groups is 2. The zero-order valence-electron chi connectivity index (χ0n) is 12.8.